The number of ether oxygens (including phenoxy) is 2. The number of rotatable bonds is 4. The summed E-state index contributed by atoms with van der Waals surface area (Å²) in [7, 11) is 0. The van der Waals surface area contributed by atoms with E-state index in [4.69, 9.17) is 9.47 Å². The van der Waals surface area contributed by atoms with Crippen molar-refractivity contribution in [3.05, 3.63) is 54.0 Å². The largest absolute Gasteiger partial charge is 0.366 e. The number of aromatic nitrogens is 2. The van der Waals surface area contributed by atoms with Crippen LogP contribution in [0.25, 0.3) is 0 Å². The molecule has 136 valence electrons. The second kappa shape index (κ2) is 7.39. The van der Waals surface area contributed by atoms with Crippen LogP contribution >= 0.6 is 0 Å². The number of likely N-dealkylation sites (tertiary alicyclic amines) is 1. The van der Waals surface area contributed by atoms with Crippen LogP contribution in [0, 0.1) is 0 Å². The first kappa shape index (κ1) is 16.9. The van der Waals surface area contributed by atoms with E-state index in [1.807, 2.05) is 30.3 Å². The molecule has 0 unspecified atom stereocenters. The molecule has 26 heavy (non-hydrogen) atoms. The Labute approximate surface area is 152 Å². The predicted molar refractivity (Wildman–Crippen MR) is 95.6 cm³/mol. The van der Waals surface area contributed by atoms with Gasteiger partial charge in [-0.3, -0.25) is 4.79 Å². The van der Waals surface area contributed by atoms with Crippen LogP contribution in [-0.2, 0) is 16.0 Å². The zero-order valence-corrected chi connectivity index (χ0v) is 14.6. The lowest BCUT2D eigenvalue weighted by Gasteiger charge is -2.37. The molecule has 2 saturated heterocycles. The molecule has 7 heteroatoms. The Kier molecular flexibility index (Phi) is 4.81. The van der Waals surface area contributed by atoms with Crippen molar-refractivity contribution in [2.45, 2.75) is 25.2 Å². The highest BCUT2D eigenvalue weighted by Crippen LogP contribution is 2.31. The molecule has 4 rings (SSSR count). The molecule has 1 spiro atoms. The van der Waals surface area contributed by atoms with Gasteiger partial charge in [-0.2, -0.15) is 0 Å². The van der Waals surface area contributed by atoms with Crippen molar-refractivity contribution >= 4 is 11.7 Å². The molecule has 1 N–H and O–H groups in total. The lowest BCUT2D eigenvalue weighted by atomic mass is 10.0. The average molecular weight is 354 g/mol. The molecular weight excluding hydrogens is 332 g/mol. The van der Waals surface area contributed by atoms with Gasteiger partial charge in [0.1, 0.15) is 17.8 Å². The quantitative estimate of drug-likeness (QED) is 0.906. The van der Waals surface area contributed by atoms with Gasteiger partial charge in [0.2, 0.25) is 0 Å². The summed E-state index contributed by atoms with van der Waals surface area (Å²) in [6, 6.07) is 11.8. The third-order valence-electron chi connectivity index (χ3n) is 4.83. The van der Waals surface area contributed by atoms with Gasteiger partial charge >= 0.3 is 0 Å². The lowest BCUT2D eigenvalue weighted by molar-refractivity contribution is -0.181. The van der Waals surface area contributed by atoms with Gasteiger partial charge in [0.05, 0.1) is 13.2 Å². The lowest BCUT2D eigenvalue weighted by Crippen LogP contribution is -2.47. The number of nitrogens with one attached hydrogen (secondary N) is 1. The van der Waals surface area contributed by atoms with Crippen LogP contribution in [0.4, 0.5) is 5.82 Å². The van der Waals surface area contributed by atoms with Crippen molar-refractivity contribution in [1.82, 2.24) is 14.9 Å². The number of hydrogen-bond donors (Lipinski definition) is 1. The molecule has 0 bridgehead atoms. The molecule has 2 fully saturated rings. The van der Waals surface area contributed by atoms with Gasteiger partial charge in [0.15, 0.2) is 5.79 Å². The van der Waals surface area contributed by atoms with Crippen LogP contribution in [0.15, 0.2) is 42.7 Å². The second-order valence-electron chi connectivity index (χ2n) is 6.53. The molecule has 0 radical (unpaired) electrons. The van der Waals surface area contributed by atoms with E-state index in [9.17, 15) is 4.79 Å². The Bertz CT molecular complexity index is 752. The van der Waals surface area contributed by atoms with E-state index < -0.39 is 5.79 Å². The Morgan fingerprint density at radius 1 is 1.12 bits per heavy atom. The highest BCUT2D eigenvalue weighted by Gasteiger charge is 2.41. The minimum Gasteiger partial charge on any atom is -0.366 e. The maximum absolute atomic E-state index is 12.8. The summed E-state index contributed by atoms with van der Waals surface area (Å²) in [5.74, 6) is 0.0800. The van der Waals surface area contributed by atoms with Gasteiger partial charge in [-0.15, -0.1) is 0 Å². The second-order valence-corrected chi connectivity index (χ2v) is 6.53. The summed E-state index contributed by atoms with van der Waals surface area (Å²) in [5, 5.41) is 3.24. The van der Waals surface area contributed by atoms with Gasteiger partial charge in [-0.25, -0.2) is 9.97 Å². The molecule has 2 aliphatic heterocycles. The van der Waals surface area contributed by atoms with E-state index in [2.05, 4.69) is 15.3 Å². The molecule has 2 aromatic rings. The third-order valence-corrected chi connectivity index (χ3v) is 4.83. The van der Waals surface area contributed by atoms with E-state index in [0.717, 1.165) is 5.56 Å². The monoisotopic (exact) mass is 354 g/mol. The molecule has 0 saturated carbocycles. The summed E-state index contributed by atoms with van der Waals surface area (Å²) in [6.45, 7) is 3.13. The van der Waals surface area contributed by atoms with Gasteiger partial charge in [0.25, 0.3) is 5.91 Å². The molecule has 1 aromatic carbocycles. The summed E-state index contributed by atoms with van der Waals surface area (Å²) < 4.78 is 11.4. The number of carbonyl (C=O) groups is 1. The fourth-order valence-electron chi connectivity index (χ4n) is 3.36. The fraction of sp³-hybridized carbons (Fsp3) is 0.421. The molecular formula is C19H22N4O3. The number of amides is 1. The first-order valence-electron chi connectivity index (χ1n) is 8.91. The average Bonchev–Trinajstić information content (AvgIpc) is 3.15. The summed E-state index contributed by atoms with van der Waals surface area (Å²) in [6.07, 6.45) is 2.82. The first-order valence-corrected chi connectivity index (χ1v) is 8.91. The number of hydrogen-bond acceptors (Lipinski definition) is 6. The van der Waals surface area contributed by atoms with Crippen LogP contribution in [0.3, 0.4) is 0 Å². The molecule has 1 amide bonds. The molecule has 3 heterocycles. The smallest absolute Gasteiger partial charge is 0.272 e. The molecule has 0 atom stereocenters. The van der Waals surface area contributed by atoms with Crippen molar-refractivity contribution in [3.63, 3.8) is 0 Å². The molecule has 0 aliphatic carbocycles. The fourth-order valence-corrected chi connectivity index (χ4v) is 3.36. The van der Waals surface area contributed by atoms with E-state index in [1.54, 1.807) is 11.0 Å². The predicted octanol–water partition coefficient (Wildman–Crippen LogP) is 2.07. The summed E-state index contributed by atoms with van der Waals surface area (Å²) >= 11 is 0. The third kappa shape index (κ3) is 3.68. The molecule has 7 nitrogen and oxygen atoms in total. The van der Waals surface area contributed by atoms with E-state index >= 15 is 0 Å². The van der Waals surface area contributed by atoms with Gasteiger partial charge in [-0.05, 0) is 5.56 Å². The van der Waals surface area contributed by atoms with Crippen LogP contribution in [0.5, 0.6) is 0 Å². The summed E-state index contributed by atoms with van der Waals surface area (Å²) in [4.78, 5) is 22.9. The SMILES string of the molecule is O=C(c1cc(NCc2ccccc2)ncn1)N1CCC2(CC1)OCCO2. The maximum atomic E-state index is 12.8. The number of anilines is 1. The molecule has 2 aliphatic rings. The number of piperidine rings is 1. The van der Waals surface area contributed by atoms with Gasteiger partial charge < -0.3 is 19.7 Å². The topological polar surface area (TPSA) is 76.6 Å². The number of nitrogens with zero attached hydrogens (tertiary/aromatic N) is 3. The van der Waals surface area contributed by atoms with E-state index in [0.29, 0.717) is 57.2 Å². The molecule has 1 aromatic heterocycles. The van der Waals surface area contributed by atoms with Crippen LogP contribution in [0.1, 0.15) is 28.9 Å². The highest BCUT2D eigenvalue weighted by molar-refractivity contribution is 5.93. The number of carbonyl (C=O) groups excluding carboxylic acids is 1. The van der Waals surface area contributed by atoms with Crippen molar-refractivity contribution in [1.29, 1.82) is 0 Å². The van der Waals surface area contributed by atoms with Gasteiger partial charge in [0, 0.05) is 38.5 Å². The van der Waals surface area contributed by atoms with Crippen LogP contribution in [0.2, 0.25) is 0 Å². The Balaban J connectivity index is 1.37. The van der Waals surface area contributed by atoms with Crippen LogP contribution < -0.4 is 5.32 Å². The number of benzene rings is 1. The minimum absolute atomic E-state index is 0.0805. The van der Waals surface area contributed by atoms with E-state index in [-0.39, 0.29) is 5.91 Å². The van der Waals surface area contributed by atoms with Crippen molar-refractivity contribution in [2.24, 2.45) is 0 Å². The Morgan fingerprint density at radius 2 is 1.85 bits per heavy atom. The summed E-state index contributed by atoms with van der Waals surface area (Å²) in [5.41, 5.74) is 1.55. The Hall–Kier alpha value is -2.51. The zero-order valence-electron chi connectivity index (χ0n) is 14.6. The van der Waals surface area contributed by atoms with Crippen molar-refractivity contribution < 1.29 is 14.3 Å². The van der Waals surface area contributed by atoms with Crippen molar-refractivity contribution in [3.8, 4) is 0 Å². The minimum atomic E-state index is -0.481. The maximum Gasteiger partial charge on any atom is 0.272 e. The van der Waals surface area contributed by atoms with E-state index in [1.165, 1.54) is 6.33 Å². The Morgan fingerprint density at radius 3 is 2.58 bits per heavy atom. The normalized spacial score (nSPS) is 18.8. The van der Waals surface area contributed by atoms with Gasteiger partial charge in [-0.1, -0.05) is 30.3 Å². The standard InChI is InChI=1S/C19H22N4O3/c24-18(23-8-6-19(7-9-23)25-10-11-26-19)16-12-17(22-14-21-16)20-13-15-4-2-1-3-5-15/h1-5,12,14H,6-11,13H2,(H,20,21,22). The first-order chi connectivity index (χ1) is 12.7. The highest BCUT2D eigenvalue weighted by atomic mass is 16.7. The zero-order chi connectivity index (χ0) is 17.8. The van der Waals surface area contributed by atoms with Crippen LogP contribution in [-0.4, -0.2) is 52.9 Å². The van der Waals surface area contributed by atoms with Crippen molar-refractivity contribution in [2.75, 3.05) is 31.6 Å².